The predicted molar refractivity (Wildman–Crippen MR) is 107 cm³/mol. The normalized spacial score (nSPS) is 26.1. The van der Waals surface area contributed by atoms with Crippen LogP contribution in [0.3, 0.4) is 0 Å². The van der Waals surface area contributed by atoms with Crippen LogP contribution in [0.4, 0.5) is 4.39 Å². The summed E-state index contributed by atoms with van der Waals surface area (Å²) in [6.07, 6.45) is 2.97. The topological polar surface area (TPSA) is 49.6 Å². The highest BCUT2D eigenvalue weighted by Crippen LogP contribution is 2.31. The molecule has 1 aromatic carbocycles. The summed E-state index contributed by atoms with van der Waals surface area (Å²) in [4.78, 5) is 17.1. The van der Waals surface area contributed by atoms with Crippen LogP contribution in [0.5, 0.6) is 0 Å². The van der Waals surface area contributed by atoms with Crippen molar-refractivity contribution in [3.63, 3.8) is 0 Å². The summed E-state index contributed by atoms with van der Waals surface area (Å²) in [5.74, 6) is 0.138. The monoisotopic (exact) mass is 405 g/mol. The lowest BCUT2D eigenvalue weighted by atomic mass is 9.90. The van der Waals surface area contributed by atoms with E-state index in [-0.39, 0.29) is 47.9 Å². The van der Waals surface area contributed by atoms with Crippen LogP contribution in [-0.2, 0) is 11.3 Å². The number of nitrogens with zero attached hydrogens (tertiary/aromatic N) is 2. The van der Waals surface area contributed by atoms with Crippen molar-refractivity contribution in [1.82, 2.24) is 9.80 Å². The van der Waals surface area contributed by atoms with Crippen LogP contribution in [-0.4, -0.2) is 48.4 Å². The molecule has 4 nitrogen and oxygen atoms in total. The van der Waals surface area contributed by atoms with Crippen LogP contribution in [0.15, 0.2) is 24.3 Å². The molecule has 0 bridgehead atoms. The number of benzene rings is 1. The average molecular weight is 406 g/mol. The maximum absolute atomic E-state index is 13.3. The third-order valence-electron chi connectivity index (χ3n) is 5.51. The molecule has 2 heterocycles. The van der Waals surface area contributed by atoms with Gasteiger partial charge in [0.15, 0.2) is 0 Å². The molecule has 2 unspecified atom stereocenters. The molecule has 2 saturated heterocycles. The molecule has 1 aromatic rings. The van der Waals surface area contributed by atoms with Gasteiger partial charge in [-0.3, -0.25) is 9.69 Å². The minimum Gasteiger partial charge on any atom is -0.342 e. The summed E-state index contributed by atoms with van der Waals surface area (Å²) in [7, 11) is 0. The fourth-order valence-electron chi connectivity index (χ4n) is 3.93. The number of nitrogens with two attached hydrogens (primary N) is 1. The molecule has 2 aliphatic rings. The largest absolute Gasteiger partial charge is 0.342 e. The van der Waals surface area contributed by atoms with Gasteiger partial charge >= 0.3 is 0 Å². The van der Waals surface area contributed by atoms with Gasteiger partial charge in [0.2, 0.25) is 5.91 Å². The van der Waals surface area contributed by atoms with Gasteiger partial charge in [0.05, 0.1) is 5.92 Å². The second-order valence-corrected chi connectivity index (χ2v) is 7.73. The third-order valence-corrected chi connectivity index (χ3v) is 5.51. The van der Waals surface area contributed by atoms with Gasteiger partial charge in [-0.05, 0) is 55.5 Å². The highest BCUT2D eigenvalue weighted by molar-refractivity contribution is 5.85. The minimum absolute atomic E-state index is 0. The zero-order valence-electron chi connectivity index (χ0n) is 15.3. The number of carbonyl (C=O) groups excluding carboxylic acids is 1. The minimum atomic E-state index is -0.199. The van der Waals surface area contributed by atoms with E-state index in [0.29, 0.717) is 13.1 Å². The molecular formula is C19H30Cl2FN3O. The van der Waals surface area contributed by atoms with E-state index >= 15 is 0 Å². The van der Waals surface area contributed by atoms with Crippen molar-refractivity contribution in [3.8, 4) is 0 Å². The van der Waals surface area contributed by atoms with E-state index in [1.165, 1.54) is 6.07 Å². The van der Waals surface area contributed by atoms with Gasteiger partial charge in [-0.1, -0.05) is 19.1 Å². The van der Waals surface area contributed by atoms with E-state index < -0.39 is 0 Å². The lowest BCUT2D eigenvalue weighted by Crippen LogP contribution is -2.44. The highest BCUT2D eigenvalue weighted by atomic mass is 35.5. The van der Waals surface area contributed by atoms with Crippen molar-refractivity contribution in [3.05, 3.63) is 35.6 Å². The Balaban J connectivity index is 0.00000169. The second kappa shape index (κ2) is 9.88. The molecule has 3 rings (SSSR count). The Morgan fingerprint density at radius 2 is 2.12 bits per heavy atom. The van der Waals surface area contributed by atoms with Crippen LogP contribution in [0.25, 0.3) is 0 Å². The van der Waals surface area contributed by atoms with E-state index in [2.05, 4.69) is 11.8 Å². The van der Waals surface area contributed by atoms with E-state index in [1.807, 2.05) is 11.0 Å². The number of rotatable bonds is 4. The van der Waals surface area contributed by atoms with Crippen molar-refractivity contribution in [1.29, 1.82) is 0 Å². The molecule has 0 spiro atoms. The molecule has 0 aliphatic carbocycles. The van der Waals surface area contributed by atoms with Crippen LogP contribution in [0.2, 0.25) is 0 Å². The van der Waals surface area contributed by atoms with Crippen LogP contribution in [0.1, 0.15) is 31.7 Å². The zero-order valence-corrected chi connectivity index (χ0v) is 17.0. The van der Waals surface area contributed by atoms with E-state index in [1.54, 1.807) is 12.1 Å². The van der Waals surface area contributed by atoms with Gasteiger partial charge in [-0.2, -0.15) is 0 Å². The standard InChI is InChI=1S/C19H28FN3O.2ClH/c1-19(13-21)7-9-23(14-19)18(24)16-5-3-8-22(12-16)11-15-4-2-6-17(20)10-15;;/h2,4,6,10,16H,3,5,7-9,11-14,21H2,1H3;2*1H. The molecule has 7 heteroatoms. The number of hydrogen-bond donors (Lipinski definition) is 1. The summed E-state index contributed by atoms with van der Waals surface area (Å²) < 4.78 is 13.3. The van der Waals surface area contributed by atoms with Crippen LogP contribution < -0.4 is 5.73 Å². The van der Waals surface area contributed by atoms with Crippen molar-refractivity contribution < 1.29 is 9.18 Å². The number of likely N-dealkylation sites (tertiary alicyclic amines) is 2. The maximum atomic E-state index is 13.3. The molecular weight excluding hydrogens is 376 g/mol. The van der Waals surface area contributed by atoms with Gasteiger partial charge in [-0.25, -0.2) is 4.39 Å². The quantitative estimate of drug-likeness (QED) is 0.836. The Kier molecular flexibility index (Phi) is 8.80. The fraction of sp³-hybridized carbons (Fsp3) is 0.632. The van der Waals surface area contributed by atoms with Crippen molar-refractivity contribution in [2.24, 2.45) is 17.1 Å². The lowest BCUT2D eigenvalue weighted by molar-refractivity contribution is -0.136. The molecule has 0 aromatic heterocycles. The van der Waals surface area contributed by atoms with E-state index in [9.17, 15) is 9.18 Å². The number of halogens is 3. The first-order valence-corrected chi connectivity index (χ1v) is 8.95. The summed E-state index contributed by atoms with van der Waals surface area (Å²) in [5, 5.41) is 0. The van der Waals surface area contributed by atoms with Gasteiger partial charge in [0, 0.05) is 26.2 Å². The Morgan fingerprint density at radius 3 is 2.77 bits per heavy atom. The van der Waals surface area contributed by atoms with Gasteiger partial charge in [-0.15, -0.1) is 24.8 Å². The predicted octanol–water partition coefficient (Wildman–Crippen LogP) is 3.08. The Morgan fingerprint density at radius 1 is 1.35 bits per heavy atom. The van der Waals surface area contributed by atoms with Gasteiger partial charge in [0.1, 0.15) is 5.82 Å². The van der Waals surface area contributed by atoms with Crippen LogP contribution in [0, 0.1) is 17.2 Å². The number of hydrogen-bond acceptors (Lipinski definition) is 3. The van der Waals surface area contributed by atoms with Gasteiger partial charge in [0.25, 0.3) is 0 Å². The first kappa shape index (κ1) is 23.2. The second-order valence-electron chi connectivity index (χ2n) is 7.73. The molecule has 2 N–H and O–H groups in total. The summed E-state index contributed by atoms with van der Waals surface area (Å²) >= 11 is 0. The third kappa shape index (κ3) is 5.56. The summed E-state index contributed by atoms with van der Waals surface area (Å²) in [6, 6.07) is 6.74. The Labute approximate surface area is 168 Å². The first-order chi connectivity index (χ1) is 11.5. The molecule has 2 fully saturated rings. The van der Waals surface area contributed by atoms with E-state index in [0.717, 1.165) is 51.0 Å². The maximum Gasteiger partial charge on any atom is 0.226 e. The summed E-state index contributed by atoms with van der Waals surface area (Å²) in [5.41, 5.74) is 6.90. The highest BCUT2D eigenvalue weighted by Gasteiger charge is 2.38. The lowest BCUT2D eigenvalue weighted by Gasteiger charge is -2.34. The SMILES string of the molecule is CC1(CN)CCN(C(=O)C2CCCN(Cc3cccc(F)c3)C2)C1.Cl.Cl. The Hall–Kier alpha value is -0.880. The molecule has 2 atom stereocenters. The van der Waals surface area contributed by atoms with Gasteiger partial charge < -0.3 is 10.6 Å². The summed E-state index contributed by atoms with van der Waals surface area (Å²) in [6.45, 7) is 6.86. The molecule has 1 amide bonds. The molecule has 148 valence electrons. The fourth-order valence-corrected chi connectivity index (χ4v) is 3.93. The van der Waals surface area contributed by atoms with E-state index in [4.69, 9.17) is 5.73 Å². The smallest absolute Gasteiger partial charge is 0.226 e. The average Bonchev–Trinajstić information content (AvgIpc) is 2.98. The zero-order chi connectivity index (χ0) is 17.2. The molecule has 0 saturated carbocycles. The van der Waals surface area contributed by atoms with Crippen molar-refractivity contribution in [2.45, 2.75) is 32.7 Å². The molecule has 0 radical (unpaired) electrons. The Bertz CT molecular complexity index is 604. The molecule has 26 heavy (non-hydrogen) atoms. The van der Waals surface area contributed by atoms with Crippen molar-refractivity contribution in [2.75, 3.05) is 32.7 Å². The van der Waals surface area contributed by atoms with Crippen molar-refractivity contribution >= 4 is 30.7 Å². The number of piperidine rings is 1. The first-order valence-electron chi connectivity index (χ1n) is 8.95. The number of carbonyl (C=O) groups is 1. The van der Waals surface area contributed by atoms with Crippen LogP contribution >= 0.6 is 24.8 Å². The molecule has 2 aliphatic heterocycles. The number of amides is 1.